The highest BCUT2D eigenvalue weighted by molar-refractivity contribution is 5.48. The van der Waals surface area contributed by atoms with E-state index in [-0.39, 0.29) is 18.0 Å². The fraction of sp³-hybridized carbons (Fsp3) is 0.214. The van der Waals surface area contributed by atoms with Crippen LogP contribution in [0.15, 0.2) is 36.4 Å². The Morgan fingerprint density at radius 1 is 1.35 bits per heavy atom. The second-order valence-corrected chi connectivity index (χ2v) is 4.26. The quantitative estimate of drug-likeness (QED) is 0.668. The van der Waals surface area contributed by atoms with Crippen LogP contribution in [-0.2, 0) is 13.0 Å². The molecule has 1 aromatic carbocycles. The SMILES string of the molecule is CCc1ccc(OCc2cccc(N)n2)c([N+](=O)[O-])c1. The number of nitrogens with zero attached hydrogens (tertiary/aromatic N) is 2. The zero-order chi connectivity index (χ0) is 14.5. The van der Waals surface area contributed by atoms with E-state index in [1.54, 1.807) is 24.3 Å². The Bertz CT molecular complexity index is 629. The van der Waals surface area contributed by atoms with Gasteiger partial charge in [0.1, 0.15) is 12.4 Å². The predicted octanol–water partition coefficient (Wildman–Crippen LogP) is 2.71. The summed E-state index contributed by atoms with van der Waals surface area (Å²) in [5.41, 5.74) is 7.05. The summed E-state index contributed by atoms with van der Waals surface area (Å²) in [4.78, 5) is 14.7. The van der Waals surface area contributed by atoms with Crippen LogP contribution >= 0.6 is 0 Å². The summed E-state index contributed by atoms with van der Waals surface area (Å²) in [6, 6.07) is 10.1. The maximum atomic E-state index is 11.0. The summed E-state index contributed by atoms with van der Waals surface area (Å²) in [5.74, 6) is 0.623. The number of aromatic nitrogens is 1. The highest BCUT2D eigenvalue weighted by Crippen LogP contribution is 2.28. The number of nitrogens with two attached hydrogens (primary N) is 1. The van der Waals surface area contributed by atoms with Crippen LogP contribution in [0.3, 0.4) is 0 Å². The van der Waals surface area contributed by atoms with Gasteiger partial charge in [-0.25, -0.2) is 4.98 Å². The number of rotatable bonds is 5. The maximum absolute atomic E-state index is 11.0. The molecule has 1 aromatic heterocycles. The summed E-state index contributed by atoms with van der Waals surface area (Å²) in [6.45, 7) is 2.08. The van der Waals surface area contributed by atoms with Gasteiger partial charge in [-0.05, 0) is 30.2 Å². The normalized spacial score (nSPS) is 10.2. The first-order valence-corrected chi connectivity index (χ1v) is 6.21. The number of hydrogen-bond donors (Lipinski definition) is 1. The Kier molecular flexibility index (Phi) is 4.14. The van der Waals surface area contributed by atoms with E-state index in [1.165, 1.54) is 6.07 Å². The smallest absolute Gasteiger partial charge is 0.311 e. The molecule has 0 saturated heterocycles. The molecule has 0 saturated carbocycles. The van der Waals surface area contributed by atoms with E-state index in [0.717, 1.165) is 12.0 Å². The topological polar surface area (TPSA) is 91.3 Å². The molecule has 0 fully saturated rings. The van der Waals surface area contributed by atoms with Crippen LogP contribution in [0.4, 0.5) is 11.5 Å². The van der Waals surface area contributed by atoms with E-state index in [4.69, 9.17) is 10.5 Å². The number of anilines is 1. The average Bonchev–Trinajstić information content (AvgIpc) is 2.45. The zero-order valence-electron chi connectivity index (χ0n) is 11.1. The number of benzene rings is 1. The molecule has 0 amide bonds. The van der Waals surface area contributed by atoms with Gasteiger partial charge in [-0.1, -0.05) is 19.1 Å². The minimum absolute atomic E-state index is 0.0340. The Labute approximate surface area is 116 Å². The third-order valence-electron chi connectivity index (χ3n) is 2.83. The molecule has 0 spiro atoms. The van der Waals surface area contributed by atoms with Gasteiger partial charge in [0.05, 0.1) is 10.6 Å². The zero-order valence-corrected chi connectivity index (χ0v) is 11.1. The maximum Gasteiger partial charge on any atom is 0.311 e. The number of hydrogen-bond acceptors (Lipinski definition) is 5. The highest BCUT2D eigenvalue weighted by atomic mass is 16.6. The van der Waals surface area contributed by atoms with Gasteiger partial charge in [0.15, 0.2) is 5.75 Å². The standard InChI is InChI=1S/C14H15N3O3/c1-2-10-6-7-13(12(8-10)17(18)19)20-9-11-4-3-5-14(15)16-11/h3-8H,2,9H2,1H3,(H2,15,16). The molecule has 2 aromatic rings. The molecule has 104 valence electrons. The third kappa shape index (κ3) is 3.23. The van der Waals surface area contributed by atoms with Gasteiger partial charge in [-0.15, -0.1) is 0 Å². The van der Waals surface area contributed by atoms with Gasteiger partial charge in [-0.2, -0.15) is 0 Å². The largest absolute Gasteiger partial charge is 0.480 e. The number of pyridine rings is 1. The van der Waals surface area contributed by atoms with Crippen LogP contribution in [0, 0.1) is 10.1 Å². The molecular formula is C14H15N3O3. The monoisotopic (exact) mass is 273 g/mol. The van der Waals surface area contributed by atoms with Crippen molar-refractivity contribution in [3.8, 4) is 5.75 Å². The number of aryl methyl sites for hydroxylation is 1. The van der Waals surface area contributed by atoms with E-state index in [9.17, 15) is 10.1 Å². The highest BCUT2D eigenvalue weighted by Gasteiger charge is 2.15. The van der Waals surface area contributed by atoms with Crippen molar-refractivity contribution in [2.24, 2.45) is 0 Å². The van der Waals surface area contributed by atoms with Crippen LogP contribution in [0.2, 0.25) is 0 Å². The molecular weight excluding hydrogens is 258 g/mol. The van der Waals surface area contributed by atoms with Gasteiger partial charge in [-0.3, -0.25) is 10.1 Å². The molecule has 6 nitrogen and oxygen atoms in total. The van der Waals surface area contributed by atoms with E-state index in [0.29, 0.717) is 11.5 Å². The van der Waals surface area contributed by atoms with Crippen LogP contribution < -0.4 is 10.5 Å². The van der Waals surface area contributed by atoms with Crippen LogP contribution in [0.25, 0.3) is 0 Å². The Morgan fingerprint density at radius 2 is 2.15 bits per heavy atom. The summed E-state index contributed by atoms with van der Waals surface area (Å²) in [7, 11) is 0. The summed E-state index contributed by atoms with van der Waals surface area (Å²) in [6.07, 6.45) is 0.734. The Morgan fingerprint density at radius 3 is 2.80 bits per heavy atom. The second-order valence-electron chi connectivity index (χ2n) is 4.26. The van der Waals surface area contributed by atoms with E-state index < -0.39 is 4.92 Å². The molecule has 0 aliphatic rings. The van der Waals surface area contributed by atoms with Crippen molar-refractivity contribution in [1.29, 1.82) is 0 Å². The van der Waals surface area contributed by atoms with Crippen LogP contribution in [0.1, 0.15) is 18.2 Å². The number of nitrogen functional groups attached to an aromatic ring is 1. The Balaban J connectivity index is 2.18. The number of ether oxygens (including phenoxy) is 1. The lowest BCUT2D eigenvalue weighted by molar-refractivity contribution is -0.386. The lowest BCUT2D eigenvalue weighted by Gasteiger charge is -2.07. The first kappa shape index (κ1) is 13.8. The predicted molar refractivity (Wildman–Crippen MR) is 75.5 cm³/mol. The van der Waals surface area contributed by atoms with Crippen molar-refractivity contribution in [3.05, 3.63) is 57.8 Å². The van der Waals surface area contributed by atoms with Crippen molar-refractivity contribution in [2.45, 2.75) is 20.0 Å². The first-order valence-electron chi connectivity index (χ1n) is 6.21. The minimum Gasteiger partial charge on any atom is -0.480 e. The minimum atomic E-state index is -0.443. The molecule has 0 aliphatic heterocycles. The summed E-state index contributed by atoms with van der Waals surface area (Å²) < 4.78 is 5.48. The molecule has 2 rings (SSSR count). The fourth-order valence-corrected chi connectivity index (χ4v) is 1.78. The first-order chi connectivity index (χ1) is 9.60. The van der Waals surface area contributed by atoms with Crippen LogP contribution in [0.5, 0.6) is 5.75 Å². The summed E-state index contributed by atoms with van der Waals surface area (Å²) in [5, 5.41) is 11.0. The lowest BCUT2D eigenvalue weighted by Crippen LogP contribution is -2.02. The number of nitro groups is 1. The second kappa shape index (κ2) is 6.01. The molecule has 20 heavy (non-hydrogen) atoms. The molecule has 0 atom stereocenters. The molecule has 0 aliphatic carbocycles. The van der Waals surface area contributed by atoms with Crippen molar-refractivity contribution in [2.75, 3.05) is 5.73 Å². The van der Waals surface area contributed by atoms with Gasteiger partial charge in [0, 0.05) is 6.07 Å². The molecule has 0 bridgehead atoms. The van der Waals surface area contributed by atoms with E-state index in [1.807, 2.05) is 13.0 Å². The lowest BCUT2D eigenvalue weighted by atomic mass is 10.1. The van der Waals surface area contributed by atoms with Gasteiger partial charge in [0.25, 0.3) is 0 Å². The number of nitro benzene ring substituents is 1. The molecule has 1 heterocycles. The van der Waals surface area contributed by atoms with Crippen molar-refractivity contribution >= 4 is 11.5 Å². The van der Waals surface area contributed by atoms with Crippen molar-refractivity contribution in [3.63, 3.8) is 0 Å². The molecule has 0 unspecified atom stereocenters. The van der Waals surface area contributed by atoms with Gasteiger partial charge < -0.3 is 10.5 Å². The molecule has 2 N–H and O–H groups in total. The van der Waals surface area contributed by atoms with Crippen molar-refractivity contribution in [1.82, 2.24) is 4.98 Å². The average molecular weight is 273 g/mol. The van der Waals surface area contributed by atoms with E-state index >= 15 is 0 Å². The van der Waals surface area contributed by atoms with Crippen molar-refractivity contribution < 1.29 is 9.66 Å². The summed E-state index contributed by atoms with van der Waals surface area (Å²) >= 11 is 0. The van der Waals surface area contributed by atoms with Gasteiger partial charge in [0.2, 0.25) is 0 Å². The fourth-order valence-electron chi connectivity index (χ4n) is 1.78. The van der Waals surface area contributed by atoms with Crippen LogP contribution in [-0.4, -0.2) is 9.91 Å². The van der Waals surface area contributed by atoms with E-state index in [2.05, 4.69) is 4.98 Å². The molecule has 0 radical (unpaired) electrons. The van der Waals surface area contributed by atoms with Gasteiger partial charge >= 0.3 is 5.69 Å². The molecule has 6 heteroatoms. The Hall–Kier alpha value is -2.63. The third-order valence-corrected chi connectivity index (χ3v) is 2.83.